The molecule has 0 spiro atoms. The number of aromatic nitrogens is 1. The van der Waals surface area contributed by atoms with Crippen molar-refractivity contribution >= 4 is 5.78 Å². The van der Waals surface area contributed by atoms with Crippen LogP contribution in [0.1, 0.15) is 40.5 Å². The van der Waals surface area contributed by atoms with Crippen LogP contribution in [0.4, 0.5) is 8.78 Å². The van der Waals surface area contributed by atoms with Crippen LogP contribution in [0, 0.1) is 31.4 Å². The minimum atomic E-state index is -0.327. The highest BCUT2D eigenvalue weighted by Gasteiger charge is 2.36. The molecule has 2 aromatic carbocycles. The molecule has 1 aliphatic rings. The molecule has 4 nitrogen and oxygen atoms in total. The summed E-state index contributed by atoms with van der Waals surface area (Å²) < 4.78 is 32.3. The zero-order valence-electron chi connectivity index (χ0n) is 17.1. The molecule has 3 aromatic rings. The maximum Gasteiger partial charge on any atom is 0.139 e. The lowest BCUT2D eigenvalue weighted by Crippen LogP contribution is -2.43. The lowest BCUT2D eigenvalue weighted by Gasteiger charge is -2.36. The summed E-state index contributed by atoms with van der Waals surface area (Å²) in [6.07, 6.45) is 0.437. The third kappa shape index (κ3) is 4.19. The lowest BCUT2D eigenvalue weighted by molar-refractivity contribution is -0.126. The molecule has 1 aliphatic heterocycles. The first-order valence-electron chi connectivity index (χ1n) is 10.1. The highest BCUT2D eigenvalue weighted by atomic mass is 19.1. The number of rotatable bonds is 5. The predicted molar refractivity (Wildman–Crippen MR) is 109 cm³/mol. The Kier molecular flexibility index (Phi) is 5.77. The first kappa shape index (κ1) is 20.4. The van der Waals surface area contributed by atoms with Gasteiger partial charge in [-0.1, -0.05) is 29.4 Å². The van der Waals surface area contributed by atoms with Gasteiger partial charge in [0.25, 0.3) is 0 Å². The fraction of sp³-hybridized carbons (Fsp3) is 0.333. The number of carbonyl (C=O) groups is 1. The number of benzene rings is 2. The van der Waals surface area contributed by atoms with Crippen molar-refractivity contribution in [3.8, 4) is 0 Å². The van der Waals surface area contributed by atoms with E-state index in [0.717, 1.165) is 28.1 Å². The van der Waals surface area contributed by atoms with Crippen molar-refractivity contribution in [2.75, 3.05) is 13.1 Å². The van der Waals surface area contributed by atoms with Gasteiger partial charge in [-0.3, -0.25) is 9.69 Å². The van der Waals surface area contributed by atoms with Gasteiger partial charge in [0.15, 0.2) is 0 Å². The molecular formula is C24H24F2N2O2. The van der Waals surface area contributed by atoms with Crippen LogP contribution in [0.15, 0.2) is 53.1 Å². The van der Waals surface area contributed by atoms with Crippen molar-refractivity contribution in [2.45, 2.75) is 32.7 Å². The maximum atomic E-state index is 13.5. The van der Waals surface area contributed by atoms with Crippen LogP contribution in [0.5, 0.6) is 0 Å². The molecule has 156 valence electrons. The van der Waals surface area contributed by atoms with E-state index in [1.807, 2.05) is 13.8 Å². The number of hydrogen-bond donors (Lipinski definition) is 0. The van der Waals surface area contributed by atoms with E-state index in [4.69, 9.17) is 4.52 Å². The van der Waals surface area contributed by atoms with E-state index >= 15 is 0 Å². The summed E-state index contributed by atoms with van der Waals surface area (Å²) in [6, 6.07) is 12.5. The Balaban J connectivity index is 1.66. The largest absolute Gasteiger partial charge is 0.361 e. The average molecular weight is 410 g/mol. The smallest absolute Gasteiger partial charge is 0.139 e. The number of likely N-dealkylation sites (tertiary alicyclic amines) is 1. The minimum absolute atomic E-state index is 0.170. The van der Waals surface area contributed by atoms with Gasteiger partial charge in [0.1, 0.15) is 23.2 Å². The predicted octanol–water partition coefficient (Wildman–Crippen LogP) is 4.79. The van der Waals surface area contributed by atoms with E-state index in [-0.39, 0.29) is 29.3 Å². The molecule has 0 N–H and O–H groups in total. The Hall–Kier alpha value is -2.86. The fourth-order valence-corrected chi connectivity index (χ4v) is 4.31. The van der Waals surface area contributed by atoms with E-state index in [1.165, 1.54) is 24.3 Å². The van der Waals surface area contributed by atoms with Gasteiger partial charge in [0.05, 0.1) is 5.69 Å². The number of hydrogen-bond acceptors (Lipinski definition) is 4. The van der Waals surface area contributed by atoms with Crippen molar-refractivity contribution in [3.05, 3.63) is 88.3 Å². The Labute approximate surface area is 174 Å². The van der Waals surface area contributed by atoms with Crippen LogP contribution < -0.4 is 0 Å². The lowest BCUT2D eigenvalue weighted by atomic mass is 9.76. The molecule has 1 atom stereocenters. The average Bonchev–Trinajstić information content (AvgIpc) is 3.05. The number of nitrogens with zero attached hydrogens (tertiary/aromatic N) is 2. The van der Waals surface area contributed by atoms with Gasteiger partial charge in [-0.2, -0.15) is 0 Å². The van der Waals surface area contributed by atoms with Crippen molar-refractivity contribution in [1.29, 1.82) is 0 Å². The van der Waals surface area contributed by atoms with E-state index < -0.39 is 0 Å². The number of ketones is 1. The summed E-state index contributed by atoms with van der Waals surface area (Å²) in [4.78, 5) is 15.2. The number of Topliss-reactive ketones (excluding diaryl/α,β-unsaturated/α-hetero) is 1. The van der Waals surface area contributed by atoms with Crippen molar-refractivity contribution in [2.24, 2.45) is 5.92 Å². The second-order valence-electron chi connectivity index (χ2n) is 7.94. The van der Waals surface area contributed by atoms with Gasteiger partial charge in [-0.05, 0) is 49.2 Å². The number of aryl methyl sites for hydroxylation is 2. The standard InChI is InChI=1S/C24H24F2N2O2/c1-15-21(16(2)30-27-15)13-28-12-11-23(29)22(14-28)24(17-3-7-19(25)8-4-17)18-5-9-20(26)10-6-18/h3-10,22,24H,11-14H2,1-2H3. The summed E-state index contributed by atoms with van der Waals surface area (Å²) >= 11 is 0. The third-order valence-electron chi connectivity index (χ3n) is 5.97. The van der Waals surface area contributed by atoms with E-state index in [0.29, 0.717) is 26.1 Å². The molecular weight excluding hydrogens is 386 g/mol. The number of halogens is 2. The molecule has 2 heterocycles. The summed E-state index contributed by atoms with van der Waals surface area (Å²) in [5.74, 6) is -0.280. The van der Waals surface area contributed by atoms with Crippen molar-refractivity contribution in [3.63, 3.8) is 0 Å². The molecule has 1 aromatic heterocycles. The van der Waals surface area contributed by atoms with Crippen LogP contribution in [0.3, 0.4) is 0 Å². The Bertz CT molecular complexity index is 963. The van der Waals surface area contributed by atoms with Gasteiger partial charge in [-0.15, -0.1) is 0 Å². The quantitative estimate of drug-likeness (QED) is 0.607. The molecule has 0 saturated carbocycles. The van der Waals surface area contributed by atoms with Gasteiger partial charge >= 0.3 is 0 Å². The summed E-state index contributed by atoms with van der Waals surface area (Å²) in [6.45, 7) is 5.69. The molecule has 0 aliphatic carbocycles. The molecule has 0 bridgehead atoms. The van der Waals surface area contributed by atoms with Gasteiger partial charge in [0.2, 0.25) is 0 Å². The molecule has 1 saturated heterocycles. The van der Waals surface area contributed by atoms with Crippen LogP contribution in [-0.4, -0.2) is 28.9 Å². The summed E-state index contributed by atoms with van der Waals surface area (Å²) in [7, 11) is 0. The topological polar surface area (TPSA) is 46.3 Å². The second kappa shape index (κ2) is 8.48. The van der Waals surface area contributed by atoms with E-state index in [9.17, 15) is 13.6 Å². The second-order valence-corrected chi connectivity index (χ2v) is 7.94. The van der Waals surface area contributed by atoms with Crippen LogP contribution >= 0.6 is 0 Å². The monoisotopic (exact) mass is 410 g/mol. The van der Waals surface area contributed by atoms with Crippen molar-refractivity contribution in [1.82, 2.24) is 10.1 Å². The molecule has 0 radical (unpaired) electrons. The molecule has 30 heavy (non-hydrogen) atoms. The van der Waals surface area contributed by atoms with Crippen LogP contribution in [0.25, 0.3) is 0 Å². The highest BCUT2D eigenvalue weighted by molar-refractivity contribution is 5.83. The third-order valence-corrected chi connectivity index (χ3v) is 5.97. The molecule has 1 unspecified atom stereocenters. The minimum Gasteiger partial charge on any atom is -0.361 e. The van der Waals surface area contributed by atoms with E-state index in [2.05, 4.69) is 10.1 Å². The fourth-order valence-electron chi connectivity index (χ4n) is 4.31. The maximum absolute atomic E-state index is 13.5. The molecule has 1 fully saturated rings. The summed E-state index contributed by atoms with van der Waals surface area (Å²) in [5, 5.41) is 4.02. The van der Waals surface area contributed by atoms with Crippen LogP contribution in [0.2, 0.25) is 0 Å². The van der Waals surface area contributed by atoms with Gasteiger partial charge in [0, 0.05) is 43.5 Å². The Morgan fingerprint density at radius 2 is 1.60 bits per heavy atom. The zero-order chi connectivity index (χ0) is 21.3. The van der Waals surface area contributed by atoms with Gasteiger partial charge in [-0.25, -0.2) is 8.78 Å². The van der Waals surface area contributed by atoms with E-state index in [1.54, 1.807) is 24.3 Å². The zero-order valence-corrected chi connectivity index (χ0v) is 17.1. The number of carbonyl (C=O) groups excluding carboxylic acids is 1. The first-order chi connectivity index (χ1) is 14.4. The normalized spacial score (nSPS) is 17.6. The van der Waals surface area contributed by atoms with Gasteiger partial charge < -0.3 is 4.52 Å². The molecule has 0 amide bonds. The van der Waals surface area contributed by atoms with Crippen molar-refractivity contribution < 1.29 is 18.1 Å². The number of piperidine rings is 1. The molecule has 4 rings (SSSR count). The van der Waals surface area contributed by atoms with Crippen LogP contribution in [-0.2, 0) is 11.3 Å². The Morgan fingerprint density at radius 1 is 1.03 bits per heavy atom. The SMILES string of the molecule is Cc1noc(C)c1CN1CCC(=O)C(C(c2ccc(F)cc2)c2ccc(F)cc2)C1. The first-order valence-corrected chi connectivity index (χ1v) is 10.1. The molecule has 6 heteroatoms. The Morgan fingerprint density at radius 3 is 2.10 bits per heavy atom. The highest BCUT2D eigenvalue weighted by Crippen LogP contribution is 2.36. The summed E-state index contributed by atoms with van der Waals surface area (Å²) in [5.41, 5.74) is 3.60.